The third-order valence-corrected chi connectivity index (χ3v) is 4.14. The molecule has 1 aromatic carbocycles. The Bertz CT molecular complexity index is 587. The second-order valence-corrected chi connectivity index (χ2v) is 5.79. The van der Waals surface area contributed by atoms with Crippen molar-refractivity contribution < 1.29 is 4.79 Å². The van der Waals surface area contributed by atoms with E-state index >= 15 is 0 Å². The number of imidazole rings is 1. The number of carbonyl (C=O) groups excluding carboxylic acids is 1. The first-order valence-corrected chi connectivity index (χ1v) is 7.71. The number of H-pyrrole nitrogens is 1. The lowest BCUT2D eigenvalue weighted by molar-refractivity contribution is 0.0973. The van der Waals surface area contributed by atoms with Crippen LogP contribution in [0.4, 0.5) is 0 Å². The van der Waals surface area contributed by atoms with Gasteiger partial charge < -0.3 is 4.98 Å². The maximum absolute atomic E-state index is 12.1. The summed E-state index contributed by atoms with van der Waals surface area (Å²) in [6.45, 7) is 6.63. The Hall–Kier alpha value is -1.90. The number of carbonyl (C=O) groups is 1. The van der Waals surface area contributed by atoms with Crippen LogP contribution in [-0.4, -0.2) is 15.8 Å². The first kappa shape index (κ1) is 15.5. The summed E-state index contributed by atoms with van der Waals surface area (Å²) in [6.07, 6.45) is 6.87. The predicted molar refractivity (Wildman–Crippen MR) is 85.6 cm³/mol. The van der Waals surface area contributed by atoms with Crippen LogP contribution >= 0.6 is 0 Å². The van der Waals surface area contributed by atoms with Crippen molar-refractivity contribution in [1.82, 2.24) is 9.97 Å². The van der Waals surface area contributed by atoms with E-state index in [1.807, 2.05) is 0 Å². The van der Waals surface area contributed by atoms with Crippen LogP contribution in [0.3, 0.4) is 0 Å². The fourth-order valence-electron chi connectivity index (χ4n) is 2.61. The van der Waals surface area contributed by atoms with E-state index in [9.17, 15) is 4.79 Å². The molecule has 0 saturated heterocycles. The van der Waals surface area contributed by atoms with Crippen molar-refractivity contribution in [2.24, 2.45) is 5.92 Å². The lowest BCUT2D eigenvalue weighted by atomic mass is 9.90. The summed E-state index contributed by atoms with van der Waals surface area (Å²) in [5.74, 6) is 1.22. The number of aromatic nitrogens is 2. The van der Waals surface area contributed by atoms with Gasteiger partial charge in [-0.1, -0.05) is 38.5 Å². The smallest absolute Gasteiger partial charge is 0.198 e. The highest BCUT2D eigenvalue weighted by atomic mass is 16.1. The Kier molecular flexibility index (Phi) is 5.32. The molecule has 0 aliphatic rings. The van der Waals surface area contributed by atoms with Crippen molar-refractivity contribution in [2.45, 2.75) is 46.5 Å². The second kappa shape index (κ2) is 7.21. The number of nitrogens with one attached hydrogen (secondary N) is 1. The van der Waals surface area contributed by atoms with Gasteiger partial charge in [-0.25, -0.2) is 4.98 Å². The minimum Gasteiger partial charge on any atom is -0.342 e. The maximum Gasteiger partial charge on any atom is 0.198 e. The minimum absolute atomic E-state index is 0.0812. The molecule has 0 aliphatic heterocycles. The van der Waals surface area contributed by atoms with E-state index < -0.39 is 0 Å². The molecule has 0 radical (unpaired) electrons. The topological polar surface area (TPSA) is 45.8 Å². The van der Waals surface area contributed by atoms with Crippen molar-refractivity contribution in [3.05, 3.63) is 53.1 Å². The summed E-state index contributed by atoms with van der Waals surface area (Å²) < 4.78 is 0. The molecule has 0 amide bonds. The van der Waals surface area contributed by atoms with Crippen molar-refractivity contribution in [3.8, 4) is 0 Å². The van der Waals surface area contributed by atoms with Crippen LogP contribution in [0.15, 0.2) is 30.6 Å². The van der Waals surface area contributed by atoms with Gasteiger partial charge in [-0.05, 0) is 42.4 Å². The van der Waals surface area contributed by atoms with Crippen LogP contribution in [0.1, 0.15) is 54.0 Å². The summed E-state index contributed by atoms with van der Waals surface area (Å²) in [7, 11) is 0. The van der Waals surface area contributed by atoms with Gasteiger partial charge in [0.25, 0.3) is 0 Å². The molecule has 112 valence electrons. The number of aryl methyl sites for hydroxylation is 1. The quantitative estimate of drug-likeness (QED) is 0.777. The van der Waals surface area contributed by atoms with E-state index in [1.165, 1.54) is 23.1 Å². The van der Waals surface area contributed by atoms with Gasteiger partial charge in [0.05, 0.1) is 0 Å². The first-order valence-electron chi connectivity index (χ1n) is 7.71. The molecule has 2 aromatic rings. The molecule has 3 heteroatoms. The molecule has 0 spiro atoms. The minimum atomic E-state index is 0.0812. The normalized spacial score (nSPS) is 12.3. The molecular weight excluding hydrogens is 260 g/mol. The Balaban J connectivity index is 2.10. The molecule has 0 fully saturated rings. The van der Waals surface area contributed by atoms with Crippen molar-refractivity contribution in [2.75, 3.05) is 0 Å². The van der Waals surface area contributed by atoms with Crippen molar-refractivity contribution in [1.29, 1.82) is 0 Å². The van der Waals surface area contributed by atoms with Crippen LogP contribution in [-0.2, 0) is 12.8 Å². The standard InChI is InChI=1S/C18H24N2O/c1-4-13(2)12-15-7-5-6-14(3)16(15)8-9-17(21)18-19-10-11-20-18/h5-7,10-11,13H,4,8-9,12H2,1-3H3,(H,19,20). The zero-order valence-corrected chi connectivity index (χ0v) is 13.1. The lowest BCUT2D eigenvalue weighted by Gasteiger charge is -2.15. The van der Waals surface area contributed by atoms with Gasteiger partial charge in [-0.15, -0.1) is 0 Å². The van der Waals surface area contributed by atoms with Crippen LogP contribution in [0.2, 0.25) is 0 Å². The molecule has 3 nitrogen and oxygen atoms in total. The van der Waals surface area contributed by atoms with Crippen LogP contribution in [0, 0.1) is 12.8 Å². The number of aromatic amines is 1. The maximum atomic E-state index is 12.1. The van der Waals surface area contributed by atoms with Gasteiger partial charge in [-0.2, -0.15) is 0 Å². The molecule has 1 N–H and O–H groups in total. The number of hydrogen-bond donors (Lipinski definition) is 1. The van der Waals surface area contributed by atoms with E-state index in [0.717, 1.165) is 12.8 Å². The SMILES string of the molecule is CCC(C)Cc1cccc(C)c1CCC(=O)c1ncc[nH]1. The summed E-state index contributed by atoms with van der Waals surface area (Å²) in [5, 5.41) is 0. The zero-order valence-electron chi connectivity index (χ0n) is 13.1. The Morgan fingerprint density at radius 3 is 2.86 bits per heavy atom. The van der Waals surface area contributed by atoms with Gasteiger partial charge in [-0.3, -0.25) is 4.79 Å². The zero-order chi connectivity index (χ0) is 15.2. The molecular formula is C18H24N2O. The van der Waals surface area contributed by atoms with Crippen LogP contribution < -0.4 is 0 Å². The number of nitrogens with zero attached hydrogens (tertiary/aromatic N) is 1. The number of hydrogen-bond acceptors (Lipinski definition) is 2. The highest BCUT2D eigenvalue weighted by Crippen LogP contribution is 2.21. The molecule has 1 heterocycles. The monoisotopic (exact) mass is 284 g/mol. The van der Waals surface area contributed by atoms with E-state index in [2.05, 4.69) is 48.9 Å². The number of Topliss-reactive ketones (excluding diaryl/α,β-unsaturated/α-hetero) is 1. The molecule has 0 saturated carbocycles. The fraction of sp³-hybridized carbons (Fsp3) is 0.444. The number of ketones is 1. The summed E-state index contributed by atoms with van der Waals surface area (Å²) in [5.41, 5.74) is 4.00. The third kappa shape index (κ3) is 4.03. The Morgan fingerprint density at radius 1 is 1.38 bits per heavy atom. The lowest BCUT2D eigenvalue weighted by Crippen LogP contribution is -2.08. The summed E-state index contributed by atoms with van der Waals surface area (Å²) in [4.78, 5) is 19.0. The van der Waals surface area contributed by atoms with E-state index in [4.69, 9.17) is 0 Å². The van der Waals surface area contributed by atoms with Crippen molar-refractivity contribution in [3.63, 3.8) is 0 Å². The van der Waals surface area contributed by atoms with Crippen molar-refractivity contribution >= 4 is 5.78 Å². The van der Waals surface area contributed by atoms with Crippen LogP contribution in [0.5, 0.6) is 0 Å². The second-order valence-electron chi connectivity index (χ2n) is 5.79. The third-order valence-electron chi connectivity index (χ3n) is 4.14. The van der Waals surface area contributed by atoms with E-state index in [-0.39, 0.29) is 5.78 Å². The Morgan fingerprint density at radius 2 is 2.19 bits per heavy atom. The molecule has 1 aromatic heterocycles. The van der Waals surface area contributed by atoms with Gasteiger partial charge in [0.2, 0.25) is 0 Å². The molecule has 1 atom stereocenters. The highest BCUT2D eigenvalue weighted by Gasteiger charge is 2.13. The Labute approximate surface area is 126 Å². The average Bonchev–Trinajstić information content (AvgIpc) is 3.00. The number of benzene rings is 1. The summed E-state index contributed by atoms with van der Waals surface area (Å²) in [6, 6.07) is 6.45. The van der Waals surface area contributed by atoms with Gasteiger partial charge >= 0.3 is 0 Å². The molecule has 2 rings (SSSR count). The molecule has 21 heavy (non-hydrogen) atoms. The average molecular weight is 284 g/mol. The molecule has 0 bridgehead atoms. The largest absolute Gasteiger partial charge is 0.342 e. The molecule has 1 unspecified atom stereocenters. The predicted octanol–water partition coefficient (Wildman–Crippen LogP) is 4.12. The first-order chi connectivity index (χ1) is 10.1. The van der Waals surface area contributed by atoms with Gasteiger partial charge in [0.1, 0.15) is 0 Å². The van der Waals surface area contributed by atoms with E-state index in [1.54, 1.807) is 12.4 Å². The number of rotatable bonds is 7. The van der Waals surface area contributed by atoms with Crippen LogP contribution in [0.25, 0.3) is 0 Å². The van der Waals surface area contributed by atoms with E-state index in [0.29, 0.717) is 18.2 Å². The molecule has 0 aliphatic carbocycles. The van der Waals surface area contributed by atoms with Gasteiger partial charge in [0.15, 0.2) is 11.6 Å². The highest BCUT2D eigenvalue weighted by molar-refractivity contribution is 5.92. The van der Waals surface area contributed by atoms with Gasteiger partial charge in [0, 0.05) is 18.8 Å². The summed E-state index contributed by atoms with van der Waals surface area (Å²) >= 11 is 0. The fourth-order valence-corrected chi connectivity index (χ4v) is 2.61.